The van der Waals surface area contributed by atoms with Gasteiger partial charge in [-0.1, -0.05) is 37.3 Å². The quantitative estimate of drug-likeness (QED) is 0.497. The number of benzene rings is 1. The molecule has 1 aromatic carbocycles. The minimum absolute atomic E-state index is 0.0431. The van der Waals surface area contributed by atoms with Crippen molar-refractivity contribution >= 4 is 17.8 Å². The summed E-state index contributed by atoms with van der Waals surface area (Å²) in [6, 6.07) is 10.1. The zero-order valence-corrected chi connectivity index (χ0v) is 20.9. The van der Waals surface area contributed by atoms with Crippen molar-refractivity contribution in [2.75, 3.05) is 26.8 Å². The summed E-state index contributed by atoms with van der Waals surface area (Å²) in [4.78, 5) is 41.3. The predicted molar refractivity (Wildman–Crippen MR) is 126 cm³/mol. The summed E-state index contributed by atoms with van der Waals surface area (Å²) in [7, 11) is 1.65. The van der Waals surface area contributed by atoms with E-state index >= 15 is 0 Å². The van der Waals surface area contributed by atoms with Crippen molar-refractivity contribution in [2.24, 2.45) is 5.92 Å². The molecule has 0 spiro atoms. The Morgan fingerprint density at radius 2 is 1.89 bits per heavy atom. The van der Waals surface area contributed by atoms with Gasteiger partial charge in [0, 0.05) is 25.6 Å². The number of rotatable bonds is 7. The number of carboxylic acid groups (broad SMARTS) is 1. The molecule has 0 radical (unpaired) electrons. The number of carbonyl (C=O) groups is 3. The van der Waals surface area contributed by atoms with Gasteiger partial charge < -0.3 is 20.5 Å². The second-order valence-electron chi connectivity index (χ2n) is 9.57. The Morgan fingerprint density at radius 1 is 1.22 bits per heavy atom. The lowest BCUT2D eigenvalue weighted by atomic mass is 9.94. The summed E-state index contributed by atoms with van der Waals surface area (Å²) in [6.07, 6.45) is -0.765. The third kappa shape index (κ3) is 6.99. The van der Waals surface area contributed by atoms with Crippen LogP contribution in [0.3, 0.4) is 0 Å². The molecule has 3 aliphatic rings. The second-order valence-corrected chi connectivity index (χ2v) is 9.57. The highest BCUT2D eigenvalue weighted by molar-refractivity contribution is 5.96. The van der Waals surface area contributed by atoms with Gasteiger partial charge in [0.1, 0.15) is 5.54 Å². The van der Waals surface area contributed by atoms with Crippen LogP contribution in [0.4, 0.5) is 13.2 Å². The van der Waals surface area contributed by atoms with E-state index in [0.717, 1.165) is 37.8 Å². The number of amides is 2. The monoisotopic (exact) mass is 529 g/mol. The molecule has 5 atom stereocenters. The lowest BCUT2D eigenvalue weighted by molar-refractivity contribution is -0.200. The molecule has 12 heteroatoms. The summed E-state index contributed by atoms with van der Waals surface area (Å²) in [6.45, 7) is 3.95. The maximum atomic E-state index is 13.5. The summed E-state index contributed by atoms with van der Waals surface area (Å²) >= 11 is 0. The van der Waals surface area contributed by atoms with Crippen LogP contribution in [0, 0.1) is 5.92 Å². The number of aliphatic carboxylic acids is 1. The number of methoxy groups -OCH3 is 1. The molecule has 1 aromatic rings. The number of nitrogens with one attached hydrogen (secondary N) is 2. The highest BCUT2D eigenvalue weighted by Crippen LogP contribution is 2.53. The van der Waals surface area contributed by atoms with Crippen LogP contribution in [0.25, 0.3) is 0 Å². The van der Waals surface area contributed by atoms with Crippen molar-refractivity contribution in [3.05, 3.63) is 35.9 Å². The third-order valence-electron chi connectivity index (χ3n) is 7.04. The van der Waals surface area contributed by atoms with Crippen molar-refractivity contribution in [1.82, 2.24) is 15.7 Å². The molecule has 2 heterocycles. The SMILES string of the molecule is COC(C(C)C(=O)N[C@@]1(C(=O)N2CCCCO2)C[C@@H]1c1ccccc1)[C@@H]1CCCN1.O=C(O)C(F)(F)F. The molecule has 2 amide bonds. The minimum Gasteiger partial charge on any atom is -0.475 e. The first kappa shape index (κ1) is 28.9. The summed E-state index contributed by atoms with van der Waals surface area (Å²) in [5, 5.41) is 15.2. The first-order valence-corrected chi connectivity index (χ1v) is 12.4. The number of halogens is 3. The third-order valence-corrected chi connectivity index (χ3v) is 7.04. The topological polar surface area (TPSA) is 117 Å². The van der Waals surface area contributed by atoms with E-state index in [4.69, 9.17) is 19.5 Å². The average Bonchev–Trinajstić information content (AvgIpc) is 3.35. The van der Waals surface area contributed by atoms with Gasteiger partial charge in [-0.05, 0) is 44.2 Å². The molecule has 37 heavy (non-hydrogen) atoms. The number of hydrogen-bond acceptors (Lipinski definition) is 6. The van der Waals surface area contributed by atoms with Crippen LogP contribution in [0.15, 0.2) is 30.3 Å². The molecule has 1 aliphatic carbocycles. The number of nitrogens with zero attached hydrogens (tertiary/aromatic N) is 1. The molecule has 9 nitrogen and oxygen atoms in total. The number of carbonyl (C=O) groups excluding carboxylic acids is 2. The van der Waals surface area contributed by atoms with Crippen LogP contribution in [0.2, 0.25) is 0 Å². The molecule has 1 saturated carbocycles. The maximum Gasteiger partial charge on any atom is 0.490 e. The summed E-state index contributed by atoms with van der Waals surface area (Å²) in [5.74, 6) is -3.44. The van der Waals surface area contributed by atoms with Gasteiger partial charge in [0.05, 0.1) is 18.6 Å². The molecule has 2 unspecified atom stereocenters. The molecular weight excluding hydrogens is 495 g/mol. The van der Waals surface area contributed by atoms with Crippen LogP contribution >= 0.6 is 0 Å². The Labute approximate surface area is 213 Å². The van der Waals surface area contributed by atoms with E-state index in [0.29, 0.717) is 19.6 Å². The molecule has 2 aliphatic heterocycles. The highest BCUT2D eigenvalue weighted by atomic mass is 19.4. The molecule has 0 aromatic heterocycles. The first-order chi connectivity index (χ1) is 17.5. The van der Waals surface area contributed by atoms with E-state index in [1.54, 1.807) is 7.11 Å². The zero-order valence-electron chi connectivity index (χ0n) is 20.9. The Bertz CT molecular complexity index is 935. The van der Waals surface area contributed by atoms with Gasteiger partial charge in [-0.15, -0.1) is 0 Å². The smallest absolute Gasteiger partial charge is 0.475 e. The van der Waals surface area contributed by atoms with Crippen molar-refractivity contribution in [1.29, 1.82) is 0 Å². The maximum absolute atomic E-state index is 13.5. The predicted octanol–water partition coefficient (Wildman–Crippen LogP) is 2.62. The van der Waals surface area contributed by atoms with E-state index in [9.17, 15) is 22.8 Å². The zero-order chi connectivity index (χ0) is 27.2. The number of alkyl halides is 3. The Kier molecular flexibility index (Phi) is 9.54. The van der Waals surface area contributed by atoms with Crippen LogP contribution < -0.4 is 10.6 Å². The van der Waals surface area contributed by atoms with Gasteiger partial charge in [0.2, 0.25) is 5.91 Å². The number of hydroxylamine groups is 2. The Balaban J connectivity index is 0.000000479. The normalized spacial score (nSPS) is 26.9. The van der Waals surface area contributed by atoms with Crippen molar-refractivity contribution in [2.45, 2.75) is 68.8 Å². The van der Waals surface area contributed by atoms with Crippen LogP contribution in [0.5, 0.6) is 0 Å². The van der Waals surface area contributed by atoms with Crippen molar-refractivity contribution in [3.63, 3.8) is 0 Å². The number of ether oxygens (including phenoxy) is 1. The fourth-order valence-corrected chi connectivity index (χ4v) is 4.95. The molecule has 3 N–H and O–H groups in total. The highest BCUT2D eigenvalue weighted by Gasteiger charge is 2.63. The minimum atomic E-state index is -5.08. The number of carboxylic acids is 1. The fraction of sp³-hybridized carbons (Fsp3) is 0.640. The van der Waals surface area contributed by atoms with Crippen LogP contribution in [-0.4, -0.2) is 78.6 Å². The molecule has 2 saturated heterocycles. The van der Waals surface area contributed by atoms with E-state index in [-0.39, 0.29) is 35.8 Å². The molecule has 206 valence electrons. The van der Waals surface area contributed by atoms with Gasteiger partial charge in [-0.25, -0.2) is 9.86 Å². The van der Waals surface area contributed by atoms with Crippen molar-refractivity contribution in [3.8, 4) is 0 Å². The van der Waals surface area contributed by atoms with Gasteiger partial charge >= 0.3 is 12.1 Å². The van der Waals surface area contributed by atoms with Crippen molar-refractivity contribution < 1.29 is 42.2 Å². The molecule has 4 rings (SSSR count). The molecule has 3 fully saturated rings. The lowest BCUT2D eigenvalue weighted by Gasteiger charge is -2.32. The summed E-state index contributed by atoms with van der Waals surface area (Å²) < 4.78 is 37.4. The van der Waals surface area contributed by atoms with Crippen LogP contribution in [0.1, 0.15) is 50.5 Å². The molecular formula is C25H34F3N3O6. The van der Waals surface area contributed by atoms with E-state index < -0.39 is 17.7 Å². The van der Waals surface area contributed by atoms with Gasteiger partial charge in [-0.2, -0.15) is 13.2 Å². The van der Waals surface area contributed by atoms with E-state index in [1.165, 1.54) is 5.06 Å². The summed E-state index contributed by atoms with van der Waals surface area (Å²) in [5.41, 5.74) is 0.127. The first-order valence-electron chi connectivity index (χ1n) is 12.4. The largest absolute Gasteiger partial charge is 0.490 e. The van der Waals surface area contributed by atoms with E-state index in [2.05, 4.69) is 10.6 Å². The lowest BCUT2D eigenvalue weighted by Crippen LogP contribution is -2.56. The van der Waals surface area contributed by atoms with Gasteiger partial charge in [0.15, 0.2) is 0 Å². The van der Waals surface area contributed by atoms with Crippen LogP contribution in [-0.2, 0) is 24.0 Å². The van der Waals surface area contributed by atoms with Gasteiger partial charge in [0.25, 0.3) is 5.91 Å². The standard InChI is InChI=1S/C23H33N3O4.C2HF3O2/c1-16(20(29-2)19-11-8-12-24-19)21(27)25-23(22(28)26-13-6-7-14-30-26)15-18(23)17-9-4-3-5-10-17;3-2(4,5)1(6)7/h3-5,9-10,16,18-20,24H,6-8,11-15H2,1-2H3,(H,25,27);(H,6,7)/t16?,18-,19+,20?,23+;/m1./s1. The number of hydrogen-bond donors (Lipinski definition) is 3. The second kappa shape index (κ2) is 12.2. The Hall–Kier alpha value is -2.70. The van der Waals surface area contributed by atoms with E-state index in [1.807, 2.05) is 37.3 Å². The van der Waals surface area contributed by atoms with Gasteiger partial charge in [-0.3, -0.25) is 14.4 Å². The Morgan fingerprint density at radius 3 is 2.41 bits per heavy atom. The fourth-order valence-electron chi connectivity index (χ4n) is 4.95. The molecule has 0 bridgehead atoms. The average molecular weight is 530 g/mol.